The van der Waals surface area contributed by atoms with Gasteiger partial charge >= 0.3 is 6.09 Å². The van der Waals surface area contributed by atoms with Crippen molar-refractivity contribution >= 4 is 42.6 Å². The summed E-state index contributed by atoms with van der Waals surface area (Å²) in [5.41, 5.74) is 2.44. The van der Waals surface area contributed by atoms with E-state index in [2.05, 4.69) is 54.5 Å². The molecular weight excluding hydrogens is 527 g/mol. The molecule has 1 aromatic carbocycles. The number of benzene rings is 1. The first-order valence-electron chi connectivity index (χ1n) is 13.5. The molecule has 2 atom stereocenters. The van der Waals surface area contributed by atoms with Gasteiger partial charge in [0, 0.05) is 29.5 Å². The van der Waals surface area contributed by atoms with E-state index in [-0.39, 0.29) is 17.4 Å². The normalized spacial score (nSPS) is 17.4. The van der Waals surface area contributed by atoms with Crippen molar-refractivity contribution in [3.8, 4) is 11.1 Å². The SMILES string of the molecule is CC(C)(C)OC(=O)Nc1cc(-c2cnccc2CO[Si](C)(C)C(C)(C)C)cc2cc(NC(=O)[C@@H]3C[C@@H]3F)ncc12. The number of aromatic nitrogens is 2. The Hall–Kier alpha value is -3.37. The van der Waals surface area contributed by atoms with E-state index in [4.69, 9.17) is 9.16 Å². The summed E-state index contributed by atoms with van der Waals surface area (Å²) in [7, 11) is -2.01. The molecule has 1 aliphatic rings. The zero-order valence-corrected chi connectivity index (χ0v) is 25.5. The van der Waals surface area contributed by atoms with Crippen LogP contribution in [0.1, 0.15) is 53.5 Å². The third-order valence-electron chi connectivity index (χ3n) is 7.39. The van der Waals surface area contributed by atoms with E-state index in [9.17, 15) is 14.0 Å². The Morgan fingerprint density at radius 1 is 1.07 bits per heavy atom. The Morgan fingerprint density at radius 3 is 2.40 bits per heavy atom. The predicted octanol–water partition coefficient (Wildman–Crippen LogP) is 7.46. The van der Waals surface area contributed by atoms with Crippen molar-refractivity contribution in [2.75, 3.05) is 10.6 Å². The summed E-state index contributed by atoms with van der Waals surface area (Å²) in [4.78, 5) is 33.8. The summed E-state index contributed by atoms with van der Waals surface area (Å²) >= 11 is 0. The maximum absolute atomic E-state index is 13.4. The highest BCUT2D eigenvalue weighted by molar-refractivity contribution is 6.74. The number of carbonyl (C=O) groups excluding carboxylic acids is 2. The second kappa shape index (κ2) is 10.9. The molecule has 0 spiro atoms. The van der Waals surface area contributed by atoms with E-state index in [1.807, 2.05) is 18.2 Å². The minimum absolute atomic E-state index is 0.0596. The molecule has 0 saturated heterocycles. The molecule has 1 aliphatic carbocycles. The fourth-order valence-corrected chi connectivity index (χ4v) is 4.89. The van der Waals surface area contributed by atoms with Crippen molar-refractivity contribution in [2.24, 2.45) is 5.92 Å². The molecule has 2 N–H and O–H groups in total. The topological polar surface area (TPSA) is 102 Å². The van der Waals surface area contributed by atoms with Crippen molar-refractivity contribution in [1.29, 1.82) is 0 Å². The van der Waals surface area contributed by atoms with Crippen molar-refractivity contribution in [1.82, 2.24) is 9.97 Å². The number of hydrogen-bond acceptors (Lipinski definition) is 6. The van der Waals surface area contributed by atoms with Gasteiger partial charge in [-0.1, -0.05) is 20.8 Å². The van der Waals surface area contributed by atoms with Crippen LogP contribution >= 0.6 is 0 Å². The molecule has 3 aromatic rings. The van der Waals surface area contributed by atoms with E-state index < -0.39 is 32.1 Å². The van der Waals surface area contributed by atoms with E-state index in [0.29, 0.717) is 23.5 Å². The maximum atomic E-state index is 13.4. The standard InChI is InChI=1S/C30H39FN4O4Si/c1-29(2,3)39-28(37)34-25-12-19(22-15-32-10-9-18(22)17-38-40(7,8)30(4,5)6)11-20-13-26(33-16-23(20)25)35-27(36)21-14-24(21)31/h9-13,15-16,21,24H,14,17H2,1-8H3,(H,34,37)(H,33,35,36)/t21-,24+/m1/s1. The first-order valence-corrected chi connectivity index (χ1v) is 16.4. The maximum Gasteiger partial charge on any atom is 0.412 e. The van der Waals surface area contributed by atoms with E-state index in [1.54, 1.807) is 45.4 Å². The molecule has 1 fully saturated rings. The lowest BCUT2D eigenvalue weighted by atomic mass is 9.98. The van der Waals surface area contributed by atoms with Gasteiger partial charge in [-0.15, -0.1) is 0 Å². The second-order valence-electron chi connectivity index (χ2n) is 12.9. The summed E-state index contributed by atoms with van der Waals surface area (Å²) < 4.78 is 25.4. The largest absolute Gasteiger partial charge is 0.444 e. The van der Waals surface area contributed by atoms with E-state index in [1.165, 1.54) is 0 Å². The quantitative estimate of drug-likeness (QED) is 0.288. The Kier molecular flexibility index (Phi) is 8.06. The van der Waals surface area contributed by atoms with Crippen molar-refractivity contribution in [3.63, 3.8) is 0 Å². The lowest BCUT2D eigenvalue weighted by Gasteiger charge is -2.36. The first-order chi connectivity index (χ1) is 18.5. The highest BCUT2D eigenvalue weighted by Crippen LogP contribution is 2.39. The number of rotatable bonds is 7. The number of halogens is 1. The van der Waals surface area contributed by atoms with Gasteiger partial charge in [-0.3, -0.25) is 15.1 Å². The Labute approximate surface area is 236 Å². The number of pyridine rings is 2. The molecule has 1 saturated carbocycles. The number of ether oxygens (including phenoxy) is 1. The highest BCUT2D eigenvalue weighted by Gasteiger charge is 2.43. The van der Waals surface area contributed by atoms with Gasteiger partial charge in [-0.25, -0.2) is 14.2 Å². The average Bonchev–Trinajstić information content (AvgIpc) is 3.57. The lowest BCUT2D eigenvalue weighted by Crippen LogP contribution is -2.40. The van der Waals surface area contributed by atoms with Gasteiger partial charge in [0.1, 0.15) is 17.6 Å². The number of fused-ring (bicyclic) bond motifs is 1. The number of nitrogens with one attached hydrogen (secondary N) is 2. The zero-order valence-electron chi connectivity index (χ0n) is 24.5. The summed E-state index contributed by atoms with van der Waals surface area (Å²) in [5.74, 6) is -0.711. The zero-order chi connectivity index (χ0) is 29.5. The molecule has 0 aliphatic heterocycles. The molecule has 0 bridgehead atoms. The number of amides is 2. The van der Waals surface area contributed by atoms with Gasteiger partial charge in [0.15, 0.2) is 8.32 Å². The molecule has 214 valence electrons. The van der Waals surface area contributed by atoms with Crippen molar-refractivity contribution in [3.05, 3.63) is 48.4 Å². The molecule has 8 nitrogen and oxygen atoms in total. The summed E-state index contributed by atoms with van der Waals surface area (Å²) in [6.07, 6.45) is 3.62. The lowest BCUT2D eigenvalue weighted by molar-refractivity contribution is -0.117. The molecule has 0 radical (unpaired) electrons. The molecule has 10 heteroatoms. The van der Waals surface area contributed by atoms with Crippen LogP contribution in [0.3, 0.4) is 0 Å². The van der Waals surface area contributed by atoms with Crippen LogP contribution in [-0.4, -0.2) is 42.1 Å². The second-order valence-corrected chi connectivity index (χ2v) is 17.7. The summed E-state index contributed by atoms with van der Waals surface area (Å²) in [6, 6.07) is 7.47. The number of carbonyl (C=O) groups is 2. The van der Waals surface area contributed by atoms with Crippen molar-refractivity contribution in [2.45, 2.75) is 84.5 Å². The number of anilines is 2. The van der Waals surface area contributed by atoms with Crippen LogP contribution in [0.25, 0.3) is 21.9 Å². The number of nitrogens with zero attached hydrogens (tertiary/aromatic N) is 2. The van der Waals surface area contributed by atoms with Gasteiger partial charge in [-0.2, -0.15) is 0 Å². The molecule has 4 rings (SSSR count). The van der Waals surface area contributed by atoms with Crippen LogP contribution in [0.2, 0.25) is 18.1 Å². The number of alkyl halides is 1. The van der Waals surface area contributed by atoms with Gasteiger partial charge in [-0.05, 0) is 86.1 Å². The first kappa shape index (κ1) is 29.6. The Balaban J connectivity index is 1.74. The minimum Gasteiger partial charge on any atom is -0.444 e. The Morgan fingerprint density at radius 2 is 1.77 bits per heavy atom. The third kappa shape index (κ3) is 7.03. The van der Waals surface area contributed by atoms with Crippen molar-refractivity contribution < 1.29 is 23.1 Å². The smallest absolute Gasteiger partial charge is 0.412 e. The molecular formula is C30H39FN4O4Si. The average molecular weight is 567 g/mol. The molecule has 2 amide bonds. The van der Waals surface area contributed by atoms with Crippen LogP contribution in [0.5, 0.6) is 0 Å². The monoisotopic (exact) mass is 566 g/mol. The minimum atomic E-state index is -2.01. The van der Waals surface area contributed by atoms with Gasteiger partial charge in [0.2, 0.25) is 5.91 Å². The van der Waals surface area contributed by atoms with E-state index >= 15 is 0 Å². The predicted molar refractivity (Wildman–Crippen MR) is 158 cm³/mol. The van der Waals surface area contributed by atoms with Crippen LogP contribution in [-0.2, 0) is 20.6 Å². The number of hydrogen-bond donors (Lipinski definition) is 2. The fraction of sp³-hybridized carbons (Fsp3) is 0.467. The molecule has 0 unspecified atom stereocenters. The van der Waals surface area contributed by atoms with E-state index in [0.717, 1.165) is 22.1 Å². The Bertz CT molecular complexity index is 1430. The van der Waals surface area contributed by atoms with Gasteiger partial charge < -0.3 is 14.5 Å². The molecule has 40 heavy (non-hydrogen) atoms. The molecule has 2 heterocycles. The summed E-state index contributed by atoms with van der Waals surface area (Å²) in [5, 5.41) is 7.01. The molecule has 2 aromatic heterocycles. The van der Waals surface area contributed by atoms with Gasteiger partial charge in [0.25, 0.3) is 0 Å². The van der Waals surface area contributed by atoms with Crippen LogP contribution in [0.4, 0.5) is 20.7 Å². The van der Waals surface area contributed by atoms with Crippen LogP contribution in [0.15, 0.2) is 42.9 Å². The third-order valence-corrected chi connectivity index (χ3v) is 11.9. The highest BCUT2D eigenvalue weighted by atomic mass is 28.4. The van der Waals surface area contributed by atoms with Gasteiger partial charge in [0.05, 0.1) is 18.2 Å². The van der Waals surface area contributed by atoms with Crippen LogP contribution in [0, 0.1) is 5.92 Å². The fourth-order valence-electron chi connectivity index (χ4n) is 3.94. The summed E-state index contributed by atoms with van der Waals surface area (Å²) in [6.45, 7) is 16.8. The van der Waals surface area contributed by atoms with Crippen LogP contribution < -0.4 is 10.6 Å².